The predicted molar refractivity (Wildman–Crippen MR) is 78.0 cm³/mol. The average Bonchev–Trinajstić information content (AvgIpc) is 2.37. The van der Waals surface area contributed by atoms with Crippen LogP contribution in [0.1, 0.15) is 20.3 Å². The molecule has 5 heteroatoms. The molecule has 1 rings (SSSR count). The Morgan fingerprint density at radius 2 is 2.21 bits per heavy atom. The number of carboxylic acid groups (broad SMARTS) is 1. The molecule has 1 aromatic rings. The molecule has 0 saturated carbocycles. The second-order valence-corrected chi connectivity index (χ2v) is 5.70. The van der Waals surface area contributed by atoms with E-state index in [0.29, 0.717) is 6.42 Å². The smallest absolute Gasteiger partial charge is 0.320 e. The Labute approximate surface area is 118 Å². The fourth-order valence-corrected chi connectivity index (χ4v) is 2.63. The van der Waals surface area contributed by atoms with Crippen LogP contribution in [0.2, 0.25) is 0 Å². The number of rotatable bonds is 8. The van der Waals surface area contributed by atoms with E-state index in [4.69, 9.17) is 9.84 Å². The van der Waals surface area contributed by atoms with Crippen LogP contribution in [0.5, 0.6) is 5.75 Å². The minimum absolute atomic E-state index is 0.169. The fraction of sp³-hybridized carbons (Fsp3) is 0.500. The lowest BCUT2D eigenvalue weighted by Gasteiger charge is -2.16. The molecule has 0 aliphatic heterocycles. The van der Waals surface area contributed by atoms with E-state index in [-0.39, 0.29) is 6.04 Å². The average molecular weight is 283 g/mol. The number of hydrogen-bond donors (Lipinski definition) is 2. The van der Waals surface area contributed by atoms with Crippen LogP contribution in [-0.2, 0) is 4.79 Å². The van der Waals surface area contributed by atoms with E-state index < -0.39 is 12.0 Å². The van der Waals surface area contributed by atoms with E-state index in [0.717, 1.165) is 16.4 Å². The Hall–Kier alpha value is -1.20. The van der Waals surface area contributed by atoms with Crippen molar-refractivity contribution < 1.29 is 14.6 Å². The van der Waals surface area contributed by atoms with Crippen molar-refractivity contribution in [2.45, 2.75) is 37.2 Å². The summed E-state index contributed by atoms with van der Waals surface area (Å²) in [4.78, 5) is 12.2. The maximum Gasteiger partial charge on any atom is 0.320 e. The summed E-state index contributed by atoms with van der Waals surface area (Å²) in [5.74, 6) is 0.782. The highest BCUT2D eigenvalue weighted by Gasteiger charge is 2.17. The van der Waals surface area contributed by atoms with Gasteiger partial charge in [0, 0.05) is 16.7 Å². The number of hydrogen-bond acceptors (Lipinski definition) is 4. The SMILES string of the molecule is COc1cccc(SCCC(NC(C)C)C(=O)O)c1. The van der Waals surface area contributed by atoms with Gasteiger partial charge in [0.05, 0.1) is 7.11 Å². The van der Waals surface area contributed by atoms with Gasteiger partial charge in [-0.15, -0.1) is 11.8 Å². The van der Waals surface area contributed by atoms with Gasteiger partial charge in [-0.1, -0.05) is 19.9 Å². The Morgan fingerprint density at radius 3 is 2.79 bits per heavy atom. The quantitative estimate of drug-likeness (QED) is 0.718. The van der Waals surface area contributed by atoms with Crippen LogP contribution in [0.15, 0.2) is 29.2 Å². The standard InChI is InChI=1S/C14H21NO3S/c1-10(2)15-13(14(16)17)7-8-19-12-6-4-5-11(9-12)18-3/h4-6,9-10,13,15H,7-8H2,1-3H3,(H,16,17). The first-order valence-electron chi connectivity index (χ1n) is 6.28. The lowest BCUT2D eigenvalue weighted by Crippen LogP contribution is -2.41. The van der Waals surface area contributed by atoms with Gasteiger partial charge < -0.3 is 15.2 Å². The van der Waals surface area contributed by atoms with Gasteiger partial charge in [-0.2, -0.15) is 0 Å². The van der Waals surface area contributed by atoms with Gasteiger partial charge in [-0.3, -0.25) is 4.79 Å². The third kappa shape index (κ3) is 5.98. The van der Waals surface area contributed by atoms with Gasteiger partial charge in [0.25, 0.3) is 0 Å². The molecule has 1 atom stereocenters. The molecule has 0 heterocycles. The van der Waals surface area contributed by atoms with Gasteiger partial charge in [-0.25, -0.2) is 0 Å². The monoisotopic (exact) mass is 283 g/mol. The van der Waals surface area contributed by atoms with Crippen LogP contribution >= 0.6 is 11.8 Å². The molecule has 106 valence electrons. The molecule has 0 aliphatic rings. The normalized spacial score (nSPS) is 12.4. The van der Waals surface area contributed by atoms with Crippen LogP contribution < -0.4 is 10.1 Å². The zero-order valence-corrected chi connectivity index (χ0v) is 12.4. The zero-order chi connectivity index (χ0) is 14.3. The first-order valence-corrected chi connectivity index (χ1v) is 7.27. The molecule has 1 aromatic carbocycles. The highest BCUT2D eigenvalue weighted by Crippen LogP contribution is 2.23. The number of methoxy groups -OCH3 is 1. The largest absolute Gasteiger partial charge is 0.497 e. The number of aliphatic carboxylic acids is 1. The first-order chi connectivity index (χ1) is 9.02. The van der Waals surface area contributed by atoms with Crippen molar-refractivity contribution >= 4 is 17.7 Å². The van der Waals surface area contributed by atoms with E-state index in [1.54, 1.807) is 18.9 Å². The minimum Gasteiger partial charge on any atom is -0.497 e. The molecule has 0 radical (unpaired) electrons. The van der Waals surface area contributed by atoms with E-state index in [1.165, 1.54) is 0 Å². The van der Waals surface area contributed by atoms with Crippen LogP contribution in [0.4, 0.5) is 0 Å². The summed E-state index contributed by atoms with van der Waals surface area (Å²) >= 11 is 1.64. The lowest BCUT2D eigenvalue weighted by molar-refractivity contribution is -0.139. The summed E-state index contributed by atoms with van der Waals surface area (Å²) in [5, 5.41) is 12.2. The van der Waals surface area contributed by atoms with E-state index >= 15 is 0 Å². The molecule has 1 unspecified atom stereocenters. The number of nitrogens with one attached hydrogen (secondary N) is 1. The van der Waals surface area contributed by atoms with Gasteiger partial charge in [0.15, 0.2) is 0 Å². The van der Waals surface area contributed by atoms with Crippen molar-refractivity contribution in [1.82, 2.24) is 5.32 Å². The molecule has 19 heavy (non-hydrogen) atoms. The lowest BCUT2D eigenvalue weighted by atomic mass is 10.2. The fourth-order valence-electron chi connectivity index (χ4n) is 1.67. The molecule has 0 amide bonds. The summed E-state index contributed by atoms with van der Waals surface area (Å²) < 4.78 is 5.15. The number of thioether (sulfide) groups is 1. The topological polar surface area (TPSA) is 58.6 Å². The Morgan fingerprint density at radius 1 is 1.47 bits per heavy atom. The summed E-state index contributed by atoms with van der Waals surface area (Å²) in [6.45, 7) is 3.90. The van der Waals surface area contributed by atoms with Crippen molar-refractivity contribution in [3.05, 3.63) is 24.3 Å². The molecular weight excluding hydrogens is 262 g/mol. The highest BCUT2D eigenvalue weighted by molar-refractivity contribution is 7.99. The maximum absolute atomic E-state index is 11.1. The molecule has 0 saturated heterocycles. The molecule has 0 aliphatic carbocycles. The molecule has 0 fully saturated rings. The Kier molecular flexibility index (Phi) is 6.73. The summed E-state index contributed by atoms with van der Waals surface area (Å²) in [6.07, 6.45) is 0.593. The summed E-state index contributed by atoms with van der Waals surface area (Å²) in [5.41, 5.74) is 0. The minimum atomic E-state index is -0.792. The van der Waals surface area contributed by atoms with Crippen molar-refractivity contribution in [2.75, 3.05) is 12.9 Å². The summed E-state index contributed by atoms with van der Waals surface area (Å²) in [6, 6.07) is 7.46. The Balaban J connectivity index is 2.44. The zero-order valence-electron chi connectivity index (χ0n) is 11.6. The number of carboxylic acids is 1. The number of benzene rings is 1. The number of ether oxygens (including phenoxy) is 1. The van der Waals surface area contributed by atoms with Gasteiger partial charge in [-0.05, 0) is 24.6 Å². The second kappa shape index (κ2) is 8.07. The van der Waals surface area contributed by atoms with Gasteiger partial charge in [0.1, 0.15) is 11.8 Å². The van der Waals surface area contributed by atoms with E-state index in [1.807, 2.05) is 38.1 Å². The van der Waals surface area contributed by atoms with Crippen molar-refractivity contribution in [2.24, 2.45) is 0 Å². The third-order valence-corrected chi connectivity index (χ3v) is 3.58. The van der Waals surface area contributed by atoms with Crippen LogP contribution in [0.3, 0.4) is 0 Å². The van der Waals surface area contributed by atoms with E-state index in [2.05, 4.69) is 5.32 Å². The van der Waals surface area contributed by atoms with Crippen molar-refractivity contribution in [3.63, 3.8) is 0 Å². The van der Waals surface area contributed by atoms with Crippen LogP contribution in [-0.4, -0.2) is 36.0 Å². The van der Waals surface area contributed by atoms with Crippen LogP contribution in [0, 0.1) is 0 Å². The molecule has 0 aromatic heterocycles. The molecular formula is C14H21NO3S. The maximum atomic E-state index is 11.1. The third-order valence-electron chi connectivity index (χ3n) is 2.55. The van der Waals surface area contributed by atoms with Crippen molar-refractivity contribution in [3.8, 4) is 5.75 Å². The molecule has 0 bridgehead atoms. The van der Waals surface area contributed by atoms with Crippen molar-refractivity contribution in [1.29, 1.82) is 0 Å². The van der Waals surface area contributed by atoms with E-state index in [9.17, 15) is 4.79 Å². The predicted octanol–water partition coefficient (Wildman–Crippen LogP) is 2.63. The molecule has 0 spiro atoms. The second-order valence-electron chi connectivity index (χ2n) is 4.53. The highest BCUT2D eigenvalue weighted by atomic mass is 32.2. The first kappa shape index (κ1) is 15.9. The van der Waals surface area contributed by atoms with Gasteiger partial charge in [0.2, 0.25) is 0 Å². The molecule has 2 N–H and O–H groups in total. The van der Waals surface area contributed by atoms with Gasteiger partial charge >= 0.3 is 5.97 Å². The summed E-state index contributed by atoms with van der Waals surface area (Å²) in [7, 11) is 1.64. The molecule has 4 nitrogen and oxygen atoms in total. The van der Waals surface area contributed by atoms with Crippen LogP contribution in [0.25, 0.3) is 0 Å². The number of carbonyl (C=O) groups is 1. The Bertz CT molecular complexity index is 409.